The van der Waals surface area contributed by atoms with E-state index >= 15 is 0 Å². The summed E-state index contributed by atoms with van der Waals surface area (Å²) in [5, 5.41) is 14.8. The van der Waals surface area contributed by atoms with E-state index in [4.69, 9.17) is 0 Å². The molecule has 1 aromatic carbocycles. The standard InChI is InChI=1S/C19H25F3N6.HI/c1-23-18(25-13-14-6-5-7-15(12-14)19(20,21)22)24-10-9-17-27-26-16-8-3-2-4-11-28(16)17;/h5-7,12H,2-4,8-11,13H2,1H3,(H2,23,24,25);1H. The summed E-state index contributed by atoms with van der Waals surface area (Å²) in [5.74, 6) is 2.55. The number of aryl methyl sites for hydroxylation is 1. The number of nitrogens with one attached hydrogen (secondary N) is 2. The van der Waals surface area contributed by atoms with Crippen LogP contribution in [0.4, 0.5) is 13.2 Å². The molecule has 6 nitrogen and oxygen atoms in total. The molecule has 2 aromatic rings. The minimum absolute atomic E-state index is 0. The first-order valence-electron chi connectivity index (χ1n) is 9.49. The van der Waals surface area contributed by atoms with E-state index in [9.17, 15) is 13.2 Å². The molecule has 0 amide bonds. The molecular formula is C19H26F3IN6. The number of guanidine groups is 1. The molecule has 0 fully saturated rings. The van der Waals surface area contributed by atoms with Crippen molar-refractivity contribution in [1.29, 1.82) is 0 Å². The van der Waals surface area contributed by atoms with Gasteiger partial charge in [-0.05, 0) is 30.5 Å². The Morgan fingerprint density at radius 3 is 2.76 bits per heavy atom. The van der Waals surface area contributed by atoms with Crippen molar-refractivity contribution in [2.24, 2.45) is 4.99 Å². The Labute approximate surface area is 185 Å². The van der Waals surface area contributed by atoms with Gasteiger partial charge in [0.05, 0.1) is 5.56 Å². The van der Waals surface area contributed by atoms with Crippen LogP contribution in [0, 0.1) is 0 Å². The Morgan fingerprint density at radius 1 is 1.17 bits per heavy atom. The first-order valence-corrected chi connectivity index (χ1v) is 9.49. The van der Waals surface area contributed by atoms with Crippen molar-refractivity contribution >= 4 is 29.9 Å². The zero-order valence-electron chi connectivity index (χ0n) is 16.3. The third-order valence-corrected chi connectivity index (χ3v) is 4.77. The van der Waals surface area contributed by atoms with E-state index in [0.717, 1.165) is 49.6 Å². The number of aliphatic imine (C=N–C) groups is 1. The monoisotopic (exact) mass is 522 g/mol. The summed E-state index contributed by atoms with van der Waals surface area (Å²) >= 11 is 0. The van der Waals surface area contributed by atoms with E-state index < -0.39 is 11.7 Å². The Morgan fingerprint density at radius 2 is 2.00 bits per heavy atom. The molecule has 0 aliphatic carbocycles. The molecule has 0 unspecified atom stereocenters. The van der Waals surface area contributed by atoms with Gasteiger partial charge in [0, 0.05) is 39.5 Å². The van der Waals surface area contributed by atoms with E-state index in [1.165, 1.54) is 12.5 Å². The topological polar surface area (TPSA) is 67.1 Å². The first kappa shape index (κ1) is 23.4. The number of hydrogen-bond acceptors (Lipinski definition) is 3. The highest BCUT2D eigenvalue weighted by Gasteiger charge is 2.30. The van der Waals surface area contributed by atoms with Crippen LogP contribution in [-0.4, -0.2) is 34.3 Å². The molecule has 2 heterocycles. The van der Waals surface area contributed by atoms with Crippen LogP contribution in [0.5, 0.6) is 0 Å². The van der Waals surface area contributed by atoms with Gasteiger partial charge in [-0.2, -0.15) is 13.2 Å². The predicted octanol–water partition coefficient (Wildman–Crippen LogP) is 3.55. The van der Waals surface area contributed by atoms with E-state index in [-0.39, 0.29) is 30.5 Å². The molecule has 29 heavy (non-hydrogen) atoms. The fraction of sp³-hybridized carbons (Fsp3) is 0.526. The third kappa shape index (κ3) is 6.58. The summed E-state index contributed by atoms with van der Waals surface area (Å²) in [6.07, 6.45) is 0.853. The molecule has 2 N–H and O–H groups in total. The van der Waals surface area contributed by atoms with Gasteiger partial charge in [0.1, 0.15) is 11.6 Å². The molecule has 1 aliphatic heterocycles. The molecule has 10 heteroatoms. The molecule has 160 valence electrons. The second kappa shape index (κ2) is 10.8. The number of benzene rings is 1. The highest BCUT2D eigenvalue weighted by Crippen LogP contribution is 2.29. The molecule has 1 aromatic heterocycles. The van der Waals surface area contributed by atoms with E-state index in [0.29, 0.717) is 24.5 Å². The Kier molecular flexibility index (Phi) is 8.72. The first-order chi connectivity index (χ1) is 13.5. The van der Waals surface area contributed by atoms with Crippen LogP contribution >= 0.6 is 24.0 Å². The van der Waals surface area contributed by atoms with Gasteiger partial charge in [-0.25, -0.2) is 0 Å². The molecule has 3 rings (SSSR count). The zero-order chi connectivity index (χ0) is 20.0. The van der Waals surface area contributed by atoms with Gasteiger partial charge in [-0.1, -0.05) is 18.6 Å². The Hall–Kier alpha value is -1.85. The lowest BCUT2D eigenvalue weighted by atomic mass is 10.1. The molecule has 1 aliphatic rings. The fourth-order valence-electron chi connectivity index (χ4n) is 3.29. The second-order valence-corrected chi connectivity index (χ2v) is 6.80. The summed E-state index contributed by atoms with van der Waals surface area (Å²) in [6, 6.07) is 5.28. The SMILES string of the molecule is CN=C(NCCc1nnc2n1CCCCC2)NCc1cccc(C(F)(F)F)c1.I. The zero-order valence-corrected chi connectivity index (χ0v) is 18.6. The van der Waals surface area contributed by atoms with Crippen molar-refractivity contribution in [3.05, 3.63) is 47.0 Å². The lowest BCUT2D eigenvalue weighted by Crippen LogP contribution is -2.38. The minimum Gasteiger partial charge on any atom is -0.356 e. The highest BCUT2D eigenvalue weighted by atomic mass is 127. The largest absolute Gasteiger partial charge is 0.416 e. The van der Waals surface area contributed by atoms with Crippen LogP contribution in [-0.2, 0) is 32.1 Å². The number of hydrogen-bond donors (Lipinski definition) is 2. The van der Waals surface area contributed by atoms with Crippen molar-refractivity contribution in [3.8, 4) is 0 Å². The lowest BCUT2D eigenvalue weighted by molar-refractivity contribution is -0.137. The average Bonchev–Trinajstić information content (AvgIpc) is 2.90. The predicted molar refractivity (Wildman–Crippen MR) is 116 cm³/mol. The van der Waals surface area contributed by atoms with Crippen molar-refractivity contribution < 1.29 is 13.2 Å². The lowest BCUT2D eigenvalue weighted by Gasteiger charge is -2.13. The molecule has 0 saturated heterocycles. The van der Waals surface area contributed by atoms with Crippen LogP contribution in [0.1, 0.15) is 42.0 Å². The Bertz CT molecular complexity index is 819. The second-order valence-electron chi connectivity index (χ2n) is 6.80. The molecule has 0 bridgehead atoms. The number of fused-ring (bicyclic) bond motifs is 1. The minimum atomic E-state index is -4.34. The van der Waals surface area contributed by atoms with Crippen LogP contribution in [0.15, 0.2) is 29.3 Å². The van der Waals surface area contributed by atoms with Gasteiger partial charge in [0.15, 0.2) is 5.96 Å². The van der Waals surface area contributed by atoms with Crippen LogP contribution < -0.4 is 10.6 Å². The van der Waals surface area contributed by atoms with Crippen LogP contribution in [0.2, 0.25) is 0 Å². The quantitative estimate of drug-likeness (QED) is 0.358. The third-order valence-electron chi connectivity index (χ3n) is 4.77. The summed E-state index contributed by atoms with van der Waals surface area (Å²) in [7, 11) is 1.63. The normalized spacial score (nSPS) is 14.6. The maximum Gasteiger partial charge on any atom is 0.416 e. The number of nitrogens with zero attached hydrogens (tertiary/aromatic N) is 4. The summed E-state index contributed by atoms with van der Waals surface area (Å²) in [4.78, 5) is 4.12. The van der Waals surface area contributed by atoms with E-state index in [1.54, 1.807) is 13.1 Å². The van der Waals surface area contributed by atoms with Gasteiger partial charge in [-0.3, -0.25) is 4.99 Å². The maximum absolute atomic E-state index is 12.8. The van der Waals surface area contributed by atoms with Gasteiger partial charge in [0.25, 0.3) is 0 Å². The molecule has 0 spiro atoms. The summed E-state index contributed by atoms with van der Waals surface area (Å²) < 4.78 is 40.6. The van der Waals surface area contributed by atoms with Gasteiger partial charge in [0.2, 0.25) is 0 Å². The van der Waals surface area contributed by atoms with Gasteiger partial charge < -0.3 is 15.2 Å². The van der Waals surface area contributed by atoms with Crippen molar-refractivity contribution in [3.63, 3.8) is 0 Å². The van der Waals surface area contributed by atoms with Crippen LogP contribution in [0.3, 0.4) is 0 Å². The molecule has 0 saturated carbocycles. The average molecular weight is 522 g/mol. The summed E-state index contributed by atoms with van der Waals surface area (Å²) in [6.45, 7) is 1.82. The van der Waals surface area contributed by atoms with Crippen molar-refractivity contribution in [2.45, 2.75) is 51.4 Å². The molecular weight excluding hydrogens is 496 g/mol. The number of alkyl halides is 3. The van der Waals surface area contributed by atoms with Gasteiger partial charge >= 0.3 is 6.18 Å². The fourth-order valence-corrected chi connectivity index (χ4v) is 3.29. The highest BCUT2D eigenvalue weighted by molar-refractivity contribution is 14.0. The van der Waals surface area contributed by atoms with Crippen LogP contribution in [0.25, 0.3) is 0 Å². The summed E-state index contributed by atoms with van der Waals surface area (Å²) in [5.41, 5.74) is -0.109. The Balaban J connectivity index is 0.00000300. The van der Waals surface area contributed by atoms with Crippen molar-refractivity contribution in [1.82, 2.24) is 25.4 Å². The smallest absolute Gasteiger partial charge is 0.356 e. The molecule has 0 radical (unpaired) electrons. The van der Waals surface area contributed by atoms with Crippen molar-refractivity contribution in [2.75, 3.05) is 13.6 Å². The van der Waals surface area contributed by atoms with E-state index in [2.05, 4.69) is 30.4 Å². The van der Waals surface area contributed by atoms with Gasteiger partial charge in [-0.15, -0.1) is 34.2 Å². The number of halogens is 4. The maximum atomic E-state index is 12.8. The number of rotatable bonds is 5. The number of aromatic nitrogens is 3. The molecule has 0 atom stereocenters. The van der Waals surface area contributed by atoms with E-state index in [1.807, 2.05) is 0 Å².